The van der Waals surface area contributed by atoms with Gasteiger partial charge < -0.3 is 9.32 Å². The van der Waals surface area contributed by atoms with E-state index in [2.05, 4.69) is 0 Å². The molecule has 0 fully saturated rings. The van der Waals surface area contributed by atoms with E-state index in [0.717, 1.165) is 12.1 Å². The molecule has 2 heterocycles. The fourth-order valence-electron chi connectivity index (χ4n) is 2.47. The Morgan fingerprint density at radius 1 is 1.35 bits per heavy atom. The van der Waals surface area contributed by atoms with Gasteiger partial charge in [0.15, 0.2) is 0 Å². The summed E-state index contributed by atoms with van der Waals surface area (Å²) in [6.07, 6.45) is 2.36. The minimum atomic E-state index is -1.35. The van der Waals surface area contributed by atoms with Crippen molar-refractivity contribution in [3.8, 4) is 0 Å². The van der Waals surface area contributed by atoms with Gasteiger partial charge in [-0.15, -0.1) is 0 Å². The van der Waals surface area contributed by atoms with Crippen LogP contribution in [-0.2, 0) is 22.0 Å². The Bertz CT molecular complexity index is 677. The number of rotatable bonds is 3. The van der Waals surface area contributed by atoms with Crippen LogP contribution in [0.25, 0.3) is 0 Å². The summed E-state index contributed by atoms with van der Waals surface area (Å²) in [6.45, 7) is 2.42. The second-order valence-electron chi connectivity index (χ2n) is 4.75. The molecular weight excluding hydrogens is 274 g/mol. The van der Waals surface area contributed by atoms with Crippen LogP contribution in [0.4, 0.5) is 5.69 Å². The van der Waals surface area contributed by atoms with Crippen molar-refractivity contribution in [3.63, 3.8) is 0 Å². The molecule has 5 heteroatoms. The summed E-state index contributed by atoms with van der Waals surface area (Å²) >= 11 is 0. The molecule has 0 unspecified atom stereocenters. The summed E-state index contributed by atoms with van der Waals surface area (Å²) in [5, 5.41) is 0. The van der Waals surface area contributed by atoms with E-state index in [1.165, 1.54) is 11.8 Å². The van der Waals surface area contributed by atoms with Crippen molar-refractivity contribution in [3.05, 3.63) is 47.9 Å². The van der Waals surface area contributed by atoms with Gasteiger partial charge in [0.05, 0.1) is 22.0 Å². The first kappa shape index (κ1) is 13.1. The number of hydrogen-bond donors (Lipinski definition) is 0. The molecule has 1 amide bonds. The van der Waals surface area contributed by atoms with Crippen molar-refractivity contribution in [2.45, 2.75) is 18.2 Å². The van der Waals surface area contributed by atoms with Gasteiger partial charge in [0.25, 0.3) is 0 Å². The van der Waals surface area contributed by atoms with Crippen LogP contribution >= 0.6 is 0 Å². The van der Waals surface area contributed by atoms with Crippen LogP contribution < -0.4 is 4.90 Å². The Hall–Kier alpha value is -1.88. The summed E-state index contributed by atoms with van der Waals surface area (Å²) in [6, 6.07) is 9.52. The summed E-state index contributed by atoms with van der Waals surface area (Å²) in [5.41, 5.74) is 2.12. The number of hydrogen-bond acceptors (Lipinski definition) is 3. The van der Waals surface area contributed by atoms with Gasteiger partial charge in [-0.2, -0.15) is 0 Å². The second-order valence-corrected chi connectivity index (χ2v) is 6.17. The molecule has 1 atom stereocenters. The second kappa shape index (κ2) is 5.25. The Kier molecular flexibility index (Phi) is 3.44. The van der Waals surface area contributed by atoms with Crippen molar-refractivity contribution < 1.29 is 13.4 Å². The first-order valence-electron chi connectivity index (χ1n) is 6.47. The van der Waals surface area contributed by atoms with Crippen molar-refractivity contribution in [2.24, 2.45) is 0 Å². The Morgan fingerprint density at radius 3 is 2.90 bits per heavy atom. The molecule has 20 heavy (non-hydrogen) atoms. The number of fused-ring (bicyclic) bond motifs is 1. The average Bonchev–Trinajstić information content (AvgIpc) is 3.04. The zero-order chi connectivity index (χ0) is 14.1. The summed E-state index contributed by atoms with van der Waals surface area (Å²) in [5.74, 6) is 0.501. The number of carbonyl (C=O) groups is 1. The molecule has 0 saturated carbocycles. The standard InChI is InChI=1S/C15H15NO3S/c1-11-14(7-9-19-11)20(18)10-15(17)16-8-6-12-4-2-3-5-13(12)16/h2-5,7,9H,6,8,10H2,1H3/t20-/m0/s1. The van der Waals surface area contributed by atoms with Crippen LogP contribution in [0.2, 0.25) is 0 Å². The lowest BCUT2D eigenvalue weighted by atomic mass is 10.2. The molecule has 0 bridgehead atoms. The number of para-hydroxylation sites is 1. The molecule has 1 aliphatic heterocycles. The van der Waals surface area contributed by atoms with Gasteiger partial charge in [-0.1, -0.05) is 18.2 Å². The lowest BCUT2D eigenvalue weighted by molar-refractivity contribution is -0.116. The number of benzene rings is 1. The van der Waals surface area contributed by atoms with E-state index < -0.39 is 10.8 Å². The number of amides is 1. The quantitative estimate of drug-likeness (QED) is 0.871. The molecule has 0 radical (unpaired) electrons. The van der Waals surface area contributed by atoms with Crippen LogP contribution in [0.5, 0.6) is 0 Å². The Labute approximate surface area is 119 Å². The zero-order valence-corrected chi connectivity index (χ0v) is 12.0. The maximum absolute atomic E-state index is 12.3. The predicted octanol–water partition coefficient (Wildman–Crippen LogP) is 2.28. The Morgan fingerprint density at radius 2 is 2.15 bits per heavy atom. The molecule has 1 aliphatic rings. The van der Waals surface area contributed by atoms with Gasteiger partial charge in [-0.05, 0) is 31.0 Å². The third-order valence-corrected chi connectivity index (χ3v) is 4.92. The first-order chi connectivity index (χ1) is 9.66. The maximum atomic E-state index is 12.3. The van der Waals surface area contributed by atoms with E-state index in [9.17, 15) is 9.00 Å². The van der Waals surface area contributed by atoms with Gasteiger partial charge in [0, 0.05) is 12.2 Å². The van der Waals surface area contributed by atoms with Gasteiger partial charge in [-0.25, -0.2) is 0 Å². The topological polar surface area (TPSA) is 50.5 Å². The zero-order valence-electron chi connectivity index (χ0n) is 11.2. The molecule has 0 N–H and O–H groups in total. The highest BCUT2D eigenvalue weighted by Crippen LogP contribution is 2.27. The molecular formula is C15H15NO3S. The predicted molar refractivity (Wildman–Crippen MR) is 77.2 cm³/mol. The lowest BCUT2D eigenvalue weighted by Crippen LogP contribution is -2.32. The van der Waals surface area contributed by atoms with Crippen LogP contribution in [0, 0.1) is 6.92 Å². The van der Waals surface area contributed by atoms with Crippen LogP contribution in [0.3, 0.4) is 0 Å². The number of anilines is 1. The van der Waals surface area contributed by atoms with Crippen molar-refractivity contribution in [1.82, 2.24) is 0 Å². The third kappa shape index (κ3) is 2.29. The van der Waals surface area contributed by atoms with Crippen molar-refractivity contribution in [2.75, 3.05) is 17.2 Å². The van der Waals surface area contributed by atoms with E-state index in [4.69, 9.17) is 4.42 Å². The largest absolute Gasteiger partial charge is 0.468 e. The van der Waals surface area contributed by atoms with E-state index in [-0.39, 0.29) is 11.7 Å². The SMILES string of the molecule is Cc1occc1[S@@](=O)CC(=O)N1CCc2ccccc21. The highest BCUT2D eigenvalue weighted by Gasteiger charge is 2.26. The van der Waals surface area contributed by atoms with Crippen molar-refractivity contribution in [1.29, 1.82) is 0 Å². The highest BCUT2D eigenvalue weighted by molar-refractivity contribution is 7.85. The number of carbonyl (C=O) groups excluding carboxylic acids is 1. The molecule has 0 spiro atoms. The monoisotopic (exact) mass is 289 g/mol. The summed E-state index contributed by atoms with van der Waals surface area (Å²) in [7, 11) is -1.35. The summed E-state index contributed by atoms with van der Waals surface area (Å²) < 4.78 is 17.3. The van der Waals surface area contributed by atoms with E-state index >= 15 is 0 Å². The highest BCUT2D eigenvalue weighted by atomic mass is 32.2. The molecule has 4 nitrogen and oxygen atoms in total. The Balaban J connectivity index is 1.75. The lowest BCUT2D eigenvalue weighted by Gasteiger charge is -2.16. The molecule has 3 rings (SSSR count). The van der Waals surface area contributed by atoms with E-state index in [0.29, 0.717) is 17.2 Å². The van der Waals surface area contributed by atoms with Gasteiger partial charge >= 0.3 is 0 Å². The number of furan rings is 1. The van der Waals surface area contributed by atoms with Crippen LogP contribution in [0.1, 0.15) is 11.3 Å². The van der Waals surface area contributed by atoms with E-state index in [1.54, 1.807) is 17.9 Å². The minimum absolute atomic E-state index is 0.00525. The molecule has 0 saturated heterocycles. The molecule has 0 aliphatic carbocycles. The number of nitrogens with zero attached hydrogens (tertiary/aromatic N) is 1. The molecule has 2 aromatic rings. The van der Waals surface area contributed by atoms with Gasteiger partial charge in [0.1, 0.15) is 11.5 Å². The van der Waals surface area contributed by atoms with Crippen molar-refractivity contribution >= 4 is 22.4 Å². The fraction of sp³-hybridized carbons (Fsp3) is 0.267. The maximum Gasteiger partial charge on any atom is 0.239 e. The molecule has 1 aromatic heterocycles. The molecule has 1 aromatic carbocycles. The average molecular weight is 289 g/mol. The molecule has 104 valence electrons. The first-order valence-corrected chi connectivity index (χ1v) is 7.79. The number of aryl methyl sites for hydroxylation is 1. The fourth-order valence-corrected chi connectivity index (χ4v) is 3.59. The minimum Gasteiger partial charge on any atom is -0.468 e. The third-order valence-electron chi connectivity index (χ3n) is 3.50. The van der Waals surface area contributed by atoms with E-state index in [1.807, 2.05) is 24.3 Å². The normalized spacial score (nSPS) is 15.2. The van der Waals surface area contributed by atoms with Crippen LogP contribution in [-0.4, -0.2) is 22.4 Å². The van der Waals surface area contributed by atoms with Crippen LogP contribution in [0.15, 0.2) is 45.9 Å². The smallest absolute Gasteiger partial charge is 0.239 e. The van der Waals surface area contributed by atoms with Gasteiger partial charge in [-0.3, -0.25) is 9.00 Å². The van der Waals surface area contributed by atoms with Gasteiger partial charge in [0.2, 0.25) is 5.91 Å². The summed E-state index contributed by atoms with van der Waals surface area (Å²) in [4.78, 5) is 14.7.